The Morgan fingerprint density at radius 1 is 0.840 bits per heavy atom. The predicted octanol–water partition coefficient (Wildman–Crippen LogP) is 4.76. The summed E-state index contributed by atoms with van der Waals surface area (Å²) in [5, 5.41) is 29.7. The van der Waals surface area contributed by atoms with E-state index in [2.05, 4.69) is 29.0 Å². The molecular weight excluding hydrogens is 326 g/mol. The summed E-state index contributed by atoms with van der Waals surface area (Å²) >= 11 is 0. The summed E-state index contributed by atoms with van der Waals surface area (Å²) < 4.78 is 0. The lowest BCUT2D eigenvalue weighted by atomic mass is 10.2. The molecule has 9 nitrogen and oxygen atoms in total. The minimum absolute atomic E-state index is 0.171. The van der Waals surface area contributed by atoms with Crippen LogP contribution in [0, 0.1) is 20.2 Å². The third-order valence-electron chi connectivity index (χ3n) is 3.61. The highest BCUT2D eigenvalue weighted by Crippen LogP contribution is 2.31. The third-order valence-corrected chi connectivity index (χ3v) is 3.61. The van der Waals surface area contributed by atoms with Gasteiger partial charge < -0.3 is 4.90 Å². The zero-order valence-electron chi connectivity index (χ0n) is 13.8. The summed E-state index contributed by atoms with van der Waals surface area (Å²) in [5.74, 6) is 0. The molecule has 25 heavy (non-hydrogen) atoms. The van der Waals surface area contributed by atoms with Gasteiger partial charge in [-0.2, -0.15) is 10.2 Å². The summed E-state index contributed by atoms with van der Waals surface area (Å²) in [6.07, 6.45) is 0. The number of nitro groups is 2. The fourth-order valence-electron chi connectivity index (χ4n) is 2.31. The lowest BCUT2D eigenvalue weighted by molar-refractivity contribution is -0.422. The molecule has 0 N–H and O–H groups in total. The van der Waals surface area contributed by atoms with Crippen LogP contribution in [0.5, 0.6) is 0 Å². The van der Waals surface area contributed by atoms with Gasteiger partial charge >= 0.3 is 11.4 Å². The molecule has 0 spiro atoms. The Hall–Kier alpha value is -3.36. The van der Waals surface area contributed by atoms with Gasteiger partial charge in [-0.1, -0.05) is 0 Å². The third kappa shape index (κ3) is 4.34. The number of nitro benzene ring substituents is 2. The van der Waals surface area contributed by atoms with Crippen molar-refractivity contribution < 1.29 is 9.85 Å². The molecule has 2 aromatic carbocycles. The molecule has 0 atom stereocenters. The Balaban J connectivity index is 2.23. The van der Waals surface area contributed by atoms with Gasteiger partial charge in [-0.05, 0) is 44.2 Å². The van der Waals surface area contributed by atoms with Crippen LogP contribution < -0.4 is 4.90 Å². The smallest absolute Gasteiger partial charge is 0.348 e. The van der Waals surface area contributed by atoms with Crippen LogP contribution in [0.4, 0.5) is 28.4 Å². The van der Waals surface area contributed by atoms with Crippen LogP contribution in [0.3, 0.4) is 0 Å². The Bertz CT molecular complexity index is 801. The van der Waals surface area contributed by atoms with E-state index in [4.69, 9.17) is 0 Å². The maximum Gasteiger partial charge on any atom is 0.348 e. The summed E-state index contributed by atoms with van der Waals surface area (Å²) in [5.41, 5.74) is 0.628. The van der Waals surface area contributed by atoms with Gasteiger partial charge in [0.25, 0.3) is 0 Å². The van der Waals surface area contributed by atoms with Crippen molar-refractivity contribution in [1.29, 1.82) is 0 Å². The summed E-state index contributed by atoms with van der Waals surface area (Å²) in [4.78, 5) is 22.3. The highest BCUT2D eigenvalue weighted by molar-refractivity contribution is 5.60. The van der Waals surface area contributed by atoms with Crippen molar-refractivity contribution >= 4 is 28.4 Å². The molecular formula is C16H17N5O4. The van der Waals surface area contributed by atoms with E-state index in [0.717, 1.165) is 30.9 Å². The Morgan fingerprint density at radius 3 is 1.88 bits per heavy atom. The van der Waals surface area contributed by atoms with E-state index in [0.29, 0.717) is 5.69 Å². The minimum Gasteiger partial charge on any atom is -0.372 e. The van der Waals surface area contributed by atoms with Gasteiger partial charge in [0.15, 0.2) is 0 Å². The van der Waals surface area contributed by atoms with E-state index in [9.17, 15) is 20.2 Å². The van der Waals surface area contributed by atoms with E-state index in [-0.39, 0.29) is 5.69 Å². The largest absolute Gasteiger partial charge is 0.372 e. The molecule has 0 unspecified atom stereocenters. The topological polar surface area (TPSA) is 114 Å². The number of azo groups is 1. The highest BCUT2D eigenvalue weighted by atomic mass is 16.6. The van der Waals surface area contributed by atoms with E-state index in [1.807, 2.05) is 12.1 Å². The van der Waals surface area contributed by atoms with Crippen LogP contribution in [0.2, 0.25) is 0 Å². The van der Waals surface area contributed by atoms with Gasteiger partial charge in [-0.15, -0.1) is 0 Å². The van der Waals surface area contributed by atoms with Crippen molar-refractivity contribution in [3.63, 3.8) is 0 Å². The molecule has 2 aromatic rings. The number of benzene rings is 2. The molecule has 0 bridgehead atoms. The van der Waals surface area contributed by atoms with Gasteiger partial charge in [0, 0.05) is 24.8 Å². The van der Waals surface area contributed by atoms with E-state index >= 15 is 0 Å². The number of hydrogen-bond donors (Lipinski definition) is 0. The molecule has 0 fully saturated rings. The second-order valence-electron chi connectivity index (χ2n) is 5.08. The fraction of sp³-hybridized carbons (Fsp3) is 0.250. The molecule has 0 saturated heterocycles. The number of rotatable bonds is 7. The number of nitrogens with zero attached hydrogens (tertiary/aromatic N) is 5. The molecule has 0 heterocycles. The monoisotopic (exact) mass is 343 g/mol. The van der Waals surface area contributed by atoms with Crippen molar-refractivity contribution in [2.45, 2.75) is 13.8 Å². The lowest BCUT2D eigenvalue weighted by Gasteiger charge is -2.20. The van der Waals surface area contributed by atoms with Crippen LogP contribution in [-0.4, -0.2) is 22.9 Å². The molecule has 0 aliphatic heterocycles. The molecule has 2 rings (SSSR count). The maximum atomic E-state index is 10.9. The summed E-state index contributed by atoms with van der Waals surface area (Å²) in [7, 11) is 0. The van der Waals surface area contributed by atoms with E-state index < -0.39 is 21.2 Å². The van der Waals surface area contributed by atoms with Crippen LogP contribution in [0.15, 0.2) is 52.7 Å². The SMILES string of the molecule is CCN(CC)c1ccc(N=Nc2ccc([N+](=O)[O-])c([N+](=O)[O-])c2)cc1. The number of anilines is 1. The van der Waals surface area contributed by atoms with Crippen molar-refractivity contribution in [2.75, 3.05) is 18.0 Å². The molecule has 0 aliphatic carbocycles. The Kier molecular flexibility index (Phi) is 5.72. The van der Waals surface area contributed by atoms with Crippen molar-refractivity contribution in [2.24, 2.45) is 10.2 Å². The van der Waals surface area contributed by atoms with Crippen LogP contribution in [-0.2, 0) is 0 Å². The first-order valence-electron chi connectivity index (χ1n) is 7.65. The Morgan fingerprint density at radius 2 is 1.36 bits per heavy atom. The predicted molar refractivity (Wildman–Crippen MR) is 93.9 cm³/mol. The lowest BCUT2D eigenvalue weighted by Crippen LogP contribution is -2.21. The second kappa shape index (κ2) is 7.95. The van der Waals surface area contributed by atoms with Crippen molar-refractivity contribution in [3.8, 4) is 0 Å². The van der Waals surface area contributed by atoms with Crippen molar-refractivity contribution in [3.05, 3.63) is 62.7 Å². The van der Waals surface area contributed by atoms with Crippen LogP contribution in [0.1, 0.15) is 13.8 Å². The second-order valence-corrected chi connectivity index (χ2v) is 5.08. The first kappa shape index (κ1) is 18.0. The number of hydrogen-bond acceptors (Lipinski definition) is 7. The molecule has 130 valence electrons. The van der Waals surface area contributed by atoms with Gasteiger partial charge in [-0.3, -0.25) is 20.2 Å². The molecule has 9 heteroatoms. The van der Waals surface area contributed by atoms with Crippen molar-refractivity contribution in [1.82, 2.24) is 0 Å². The quantitative estimate of drug-likeness (QED) is 0.408. The zero-order chi connectivity index (χ0) is 18.4. The molecule has 0 aliphatic rings. The van der Waals surface area contributed by atoms with Gasteiger partial charge in [0.1, 0.15) is 0 Å². The van der Waals surface area contributed by atoms with Gasteiger partial charge in [0.05, 0.1) is 27.3 Å². The average Bonchev–Trinajstić information content (AvgIpc) is 2.61. The van der Waals surface area contributed by atoms with Gasteiger partial charge in [-0.25, -0.2) is 0 Å². The summed E-state index contributed by atoms with van der Waals surface area (Å²) in [6.45, 7) is 5.92. The van der Waals surface area contributed by atoms with Gasteiger partial charge in [0.2, 0.25) is 0 Å². The van der Waals surface area contributed by atoms with Crippen LogP contribution >= 0.6 is 0 Å². The maximum absolute atomic E-state index is 10.9. The minimum atomic E-state index is -0.809. The fourth-order valence-corrected chi connectivity index (χ4v) is 2.31. The molecule has 0 saturated carbocycles. The zero-order valence-corrected chi connectivity index (χ0v) is 13.8. The molecule has 0 radical (unpaired) electrons. The highest BCUT2D eigenvalue weighted by Gasteiger charge is 2.24. The Labute approximate surface area is 143 Å². The van der Waals surface area contributed by atoms with Crippen LogP contribution in [0.25, 0.3) is 0 Å². The first-order valence-corrected chi connectivity index (χ1v) is 7.65. The molecule has 0 amide bonds. The first-order chi connectivity index (χ1) is 12.0. The normalized spacial score (nSPS) is 10.8. The standard InChI is InChI=1S/C16H17N5O4/c1-3-19(4-2)14-8-5-12(6-9-14)17-18-13-7-10-15(20(22)23)16(11-13)21(24)25/h5-11H,3-4H2,1-2H3. The van der Waals surface area contributed by atoms with E-state index in [1.165, 1.54) is 6.07 Å². The van der Waals surface area contributed by atoms with E-state index in [1.54, 1.807) is 12.1 Å². The average molecular weight is 343 g/mol. The molecule has 0 aromatic heterocycles. The summed E-state index contributed by atoms with van der Waals surface area (Å²) in [6, 6.07) is 10.8.